The molecule has 4 atom stereocenters. The number of halogens is 1. The maximum atomic E-state index is 15.4. The monoisotopic (exact) mass is 544 g/mol. The van der Waals surface area contributed by atoms with Gasteiger partial charge in [0.1, 0.15) is 11.1 Å². The van der Waals surface area contributed by atoms with E-state index in [1.165, 1.54) is 10.4 Å². The predicted molar refractivity (Wildman–Crippen MR) is 154 cm³/mol. The van der Waals surface area contributed by atoms with Crippen molar-refractivity contribution in [3.05, 3.63) is 78.8 Å². The Morgan fingerprint density at radius 2 is 2.05 bits per heavy atom. The van der Waals surface area contributed by atoms with Crippen molar-refractivity contribution >= 4 is 22.0 Å². The predicted octanol–water partition coefficient (Wildman–Crippen LogP) is 4.49. The summed E-state index contributed by atoms with van der Waals surface area (Å²) >= 11 is 0. The zero-order valence-corrected chi connectivity index (χ0v) is 23.5. The van der Waals surface area contributed by atoms with E-state index in [4.69, 9.17) is 0 Å². The first-order valence-electron chi connectivity index (χ1n) is 13.1. The summed E-state index contributed by atoms with van der Waals surface area (Å²) in [5.41, 5.74) is 1.71. The Balaban J connectivity index is 1.79. The summed E-state index contributed by atoms with van der Waals surface area (Å²) in [5, 5.41) is 9.34. The average Bonchev–Trinajstić information content (AvgIpc) is 2.91. The second kappa shape index (κ2) is 13.4. The van der Waals surface area contributed by atoms with Crippen LogP contribution < -0.4 is 4.90 Å². The van der Waals surface area contributed by atoms with Crippen molar-refractivity contribution in [1.29, 1.82) is 0 Å². The number of hydrogen-bond acceptors (Lipinski definition) is 5. The van der Waals surface area contributed by atoms with Crippen molar-refractivity contribution in [3.63, 3.8) is 0 Å². The van der Waals surface area contributed by atoms with E-state index in [0.717, 1.165) is 6.42 Å². The number of allylic oxidation sites excluding steroid dienone is 4. The van der Waals surface area contributed by atoms with Crippen LogP contribution in [0, 0.1) is 11.7 Å². The van der Waals surface area contributed by atoms with Gasteiger partial charge in [-0.3, -0.25) is 4.99 Å². The number of aliphatic imine (C=N–C) groups is 1. The highest BCUT2D eigenvalue weighted by molar-refractivity contribution is 7.90. The van der Waals surface area contributed by atoms with Crippen molar-refractivity contribution < 1.29 is 17.9 Å². The zero-order valence-electron chi connectivity index (χ0n) is 22.7. The highest BCUT2D eigenvalue weighted by Gasteiger charge is 2.41. The molecule has 0 aliphatic carbocycles. The van der Waals surface area contributed by atoms with Gasteiger partial charge in [0.25, 0.3) is 0 Å². The molecule has 1 N–H and O–H groups in total. The van der Waals surface area contributed by atoms with Crippen LogP contribution in [-0.2, 0) is 16.6 Å². The lowest BCUT2D eigenvalue weighted by molar-refractivity contribution is 0.148. The number of hydrogen-bond donors (Lipinski definition) is 1. The first-order chi connectivity index (χ1) is 18.2. The van der Waals surface area contributed by atoms with Crippen LogP contribution >= 0.6 is 0 Å². The van der Waals surface area contributed by atoms with Gasteiger partial charge in [0, 0.05) is 62.5 Å². The fraction of sp³-hybridized carbons (Fsp3) is 0.483. The molecular formula is C29H41FN4O3S. The minimum atomic E-state index is -3.70. The lowest BCUT2D eigenvalue weighted by atomic mass is 9.91. The molecule has 2 saturated heterocycles. The number of nitrogens with zero attached hydrogens (tertiary/aromatic N) is 4. The molecule has 3 rings (SSSR count). The van der Waals surface area contributed by atoms with E-state index in [9.17, 15) is 13.5 Å². The van der Waals surface area contributed by atoms with E-state index in [-0.39, 0.29) is 31.2 Å². The Kier molecular flexibility index (Phi) is 10.5. The Morgan fingerprint density at radius 3 is 2.66 bits per heavy atom. The molecule has 1 aromatic carbocycles. The van der Waals surface area contributed by atoms with E-state index in [0.29, 0.717) is 42.8 Å². The molecule has 2 aliphatic heterocycles. The third kappa shape index (κ3) is 6.45. The maximum Gasteiger partial charge on any atom is 0.221 e. The van der Waals surface area contributed by atoms with Crippen LogP contribution in [0.25, 0.3) is 0 Å². The van der Waals surface area contributed by atoms with Gasteiger partial charge >= 0.3 is 0 Å². The van der Waals surface area contributed by atoms with Gasteiger partial charge in [-0.1, -0.05) is 43.5 Å². The first kappa shape index (κ1) is 29.8. The number of rotatable bonds is 10. The molecule has 1 aromatic rings. The second-order valence-corrected chi connectivity index (χ2v) is 12.0. The Hall–Kier alpha value is -2.75. The largest absolute Gasteiger partial charge is 0.396 e. The molecule has 0 amide bonds. The molecule has 0 saturated carbocycles. The first-order valence-corrected chi connectivity index (χ1v) is 14.6. The SMILES string of the molecule is C=C/C(=C\C=C/C)[C@H]1CC[C@H](C)N(Cc2ccc(N3CC[C@H](N(C=C)C=NC)[C@H](CO)C3)cc2F)S1(=O)=O. The molecule has 9 heteroatoms. The molecule has 0 bridgehead atoms. The summed E-state index contributed by atoms with van der Waals surface area (Å²) in [7, 11) is -2.01. The van der Waals surface area contributed by atoms with Crippen LogP contribution in [0.2, 0.25) is 0 Å². The number of benzene rings is 1. The van der Waals surface area contributed by atoms with Crippen LogP contribution in [0.1, 0.15) is 38.7 Å². The van der Waals surface area contributed by atoms with Crippen molar-refractivity contribution in [2.24, 2.45) is 10.9 Å². The summed E-state index contributed by atoms with van der Waals surface area (Å²) in [5.74, 6) is -0.498. The summed E-state index contributed by atoms with van der Waals surface area (Å²) in [6.07, 6.45) is 12.4. The van der Waals surface area contributed by atoms with E-state index in [2.05, 4.69) is 23.1 Å². The minimum absolute atomic E-state index is 0.00923. The Labute approximate surface area is 227 Å². The van der Waals surface area contributed by atoms with Gasteiger partial charge in [0.15, 0.2) is 0 Å². The lowest BCUT2D eigenvalue weighted by Gasteiger charge is -2.42. The van der Waals surface area contributed by atoms with Gasteiger partial charge < -0.3 is 14.9 Å². The van der Waals surface area contributed by atoms with Gasteiger partial charge in [0.05, 0.1) is 6.34 Å². The number of anilines is 1. The van der Waals surface area contributed by atoms with Crippen molar-refractivity contribution in [3.8, 4) is 0 Å². The molecule has 38 heavy (non-hydrogen) atoms. The average molecular weight is 545 g/mol. The standard InChI is InChI=1S/C29H41FN4O3S/c1-6-9-10-23(7-2)29-14-11-22(4)34(38(29,36)37)19-24-12-13-26(17-27(24)30)33-16-15-28(25(18-33)20-35)32(8-3)21-31-5/h6-10,12-13,17,21-22,25,28-29,35H,2-3,11,14-16,18-20H2,1,4-5H3/b9-6-,23-10+,31-21?/t22-,25-,28-,29+/m0/s1. The second-order valence-electron chi connectivity index (χ2n) is 9.93. The third-order valence-corrected chi connectivity index (χ3v) is 9.98. The van der Waals surface area contributed by atoms with Gasteiger partial charge in [-0.15, -0.1) is 0 Å². The molecule has 0 spiro atoms. The number of aliphatic hydroxyl groups is 1. The van der Waals surface area contributed by atoms with E-state index in [1.807, 2.05) is 37.0 Å². The van der Waals surface area contributed by atoms with Gasteiger partial charge in [-0.25, -0.2) is 12.8 Å². The molecule has 0 unspecified atom stereocenters. The quantitative estimate of drug-likeness (QED) is 0.267. The lowest BCUT2D eigenvalue weighted by Crippen LogP contribution is -2.50. The summed E-state index contributed by atoms with van der Waals surface area (Å²) in [6, 6.07) is 4.82. The van der Waals surface area contributed by atoms with Crippen molar-refractivity contribution in [2.45, 2.75) is 57.0 Å². The fourth-order valence-electron chi connectivity index (χ4n) is 5.46. The van der Waals surface area contributed by atoms with Crippen LogP contribution in [-0.4, -0.2) is 73.1 Å². The summed E-state index contributed by atoms with van der Waals surface area (Å²) in [4.78, 5) is 8.05. The summed E-state index contributed by atoms with van der Waals surface area (Å²) in [6.45, 7) is 12.6. The van der Waals surface area contributed by atoms with E-state index < -0.39 is 21.1 Å². The highest BCUT2D eigenvalue weighted by atomic mass is 32.2. The molecule has 0 radical (unpaired) electrons. The number of piperidine rings is 1. The molecule has 2 heterocycles. The number of aliphatic hydroxyl groups excluding tert-OH is 1. The van der Waals surface area contributed by atoms with Crippen LogP contribution in [0.15, 0.2) is 72.4 Å². The molecular weight excluding hydrogens is 503 g/mol. The molecule has 2 aliphatic rings. The third-order valence-electron chi connectivity index (χ3n) is 7.61. The van der Waals surface area contributed by atoms with E-state index >= 15 is 4.39 Å². The minimum Gasteiger partial charge on any atom is -0.396 e. The van der Waals surface area contributed by atoms with Gasteiger partial charge in [-0.2, -0.15) is 4.31 Å². The van der Waals surface area contributed by atoms with Gasteiger partial charge in [0.2, 0.25) is 10.0 Å². The van der Waals surface area contributed by atoms with Gasteiger partial charge in [-0.05, 0) is 57.0 Å². The van der Waals surface area contributed by atoms with Crippen LogP contribution in [0.3, 0.4) is 0 Å². The van der Waals surface area contributed by atoms with Crippen LogP contribution in [0.5, 0.6) is 0 Å². The zero-order chi connectivity index (χ0) is 27.9. The molecule has 0 aromatic heterocycles. The van der Waals surface area contributed by atoms with E-state index in [1.54, 1.807) is 37.8 Å². The maximum absolute atomic E-state index is 15.4. The molecule has 2 fully saturated rings. The smallest absolute Gasteiger partial charge is 0.221 e. The fourth-order valence-corrected chi connectivity index (χ4v) is 7.66. The highest BCUT2D eigenvalue weighted by Crippen LogP contribution is 2.34. The summed E-state index contributed by atoms with van der Waals surface area (Å²) < 4.78 is 44.0. The topological polar surface area (TPSA) is 76.5 Å². The molecule has 7 nitrogen and oxygen atoms in total. The Morgan fingerprint density at radius 1 is 1.29 bits per heavy atom. The Bertz CT molecular complexity index is 1180. The van der Waals surface area contributed by atoms with Crippen molar-refractivity contribution in [2.75, 3.05) is 31.6 Å². The number of sulfonamides is 1. The normalized spacial score (nSPS) is 26.7. The molecule has 208 valence electrons. The van der Waals surface area contributed by atoms with Crippen LogP contribution in [0.4, 0.5) is 10.1 Å². The van der Waals surface area contributed by atoms with Crippen molar-refractivity contribution in [1.82, 2.24) is 9.21 Å².